The Morgan fingerprint density at radius 3 is 2.76 bits per heavy atom. The summed E-state index contributed by atoms with van der Waals surface area (Å²) in [6.45, 7) is 4.40. The number of benzene rings is 1. The predicted octanol–water partition coefficient (Wildman–Crippen LogP) is 3.45. The van der Waals surface area contributed by atoms with Gasteiger partial charge in [-0.15, -0.1) is 0 Å². The summed E-state index contributed by atoms with van der Waals surface area (Å²) in [5, 5.41) is 3.95. The van der Waals surface area contributed by atoms with Crippen molar-refractivity contribution in [2.24, 2.45) is 17.8 Å². The number of carbonyl (C=O) groups excluding carboxylic acids is 1. The molecule has 0 N–H and O–H groups in total. The molecule has 9 heteroatoms. The molecule has 1 saturated carbocycles. The van der Waals surface area contributed by atoms with Crippen LogP contribution in [0.15, 0.2) is 22.7 Å². The molecule has 3 fully saturated rings. The fourth-order valence-corrected chi connectivity index (χ4v) is 5.19. The van der Waals surface area contributed by atoms with Crippen LogP contribution in [0.25, 0.3) is 0 Å². The van der Waals surface area contributed by atoms with E-state index in [4.69, 9.17) is 14.0 Å². The maximum absolute atomic E-state index is 14.4. The molecule has 5 rings (SSSR count). The summed E-state index contributed by atoms with van der Waals surface area (Å²) in [5.41, 5.74) is 0.438. The molecule has 3 heterocycles. The molecule has 1 aliphatic carbocycles. The molecular weight excluding hydrogens is 439 g/mol. The number of ether oxygens (including phenoxy) is 2. The van der Waals surface area contributed by atoms with E-state index in [1.165, 1.54) is 12.5 Å². The molecule has 1 aromatic heterocycles. The van der Waals surface area contributed by atoms with Crippen LogP contribution in [-0.4, -0.2) is 60.8 Å². The number of rotatable bonds is 10. The highest BCUT2D eigenvalue weighted by atomic mass is 19.1. The maximum atomic E-state index is 14.4. The van der Waals surface area contributed by atoms with Gasteiger partial charge in [0.15, 0.2) is 5.82 Å². The standard InChI is InChI=1S/C25H33FN4O4/c1-32-16-23-27-25(34-28-23)30-10-5-17(6-11-30)21-13-18(21)7-12-33-20-4-3-19(22(26)15-20)14-24(31)29-8-2-9-29/h3-4,15,17-18,21H,2,5-14,16H2,1H3/t18-,21-/m1/s1. The molecule has 2 saturated heterocycles. The van der Waals surface area contributed by atoms with E-state index in [0.29, 0.717) is 42.3 Å². The van der Waals surface area contributed by atoms with Crippen molar-refractivity contribution < 1.29 is 23.2 Å². The SMILES string of the molecule is COCc1noc(N2CCC([C@H]3C[C@H]3CCOc3ccc(CC(=O)N4CCC4)c(F)c3)CC2)n1. The number of nitrogens with zero attached hydrogens (tertiary/aromatic N) is 4. The molecule has 34 heavy (non-hydrogen) atoms. The minimum atomic E-state index is -0.363. The third-order valence-corrected chi connectivity index (χ3v) is 7.46. The number of halogens is 1. The Balaban J connectivity index is 1.01. The van der Waals surface area contributed by atoms with Crippen LogP contribution < -0.4 is 9.64 Å². The second kappa shape index (κ2) is 10.3. The van der Waals surface area contributed by atoms with Crippen molar-refractivity contribution >= 4 is 11.9 Å². The van der Waals surface area contributed by atoms with Crippen LogP contribution in [0.1, 0.15) is 43.5 Å². The monoisotopic (exact) mass is 472 g/mol. The maximum Gasteiger partial charge on any atom is 0.324 e. The van der Waals surface area contributed by atoms with Crippen molar-refractivity contribution in [2.45, 2.75) is 45.1 Å². The number of piperidine rings is 1. The van der Waals surface area contributed by atoms with E-state index in [-0.39, 0.29) is 18.1 Å². The van der Waals surface area contributed by atoms with Crippen LogP contribution in [0.3, 0.4) is 0 Å². The van der Waals surface area contributed by atoms with Gasteiger partial charge >= 0.3 is 6.01 Å². The van der Waals surface area contributed by atoms with Crippen LogP contribution in [0, 0.1) is 23.6 Å². The van der Waals surface area contributed by atoms with Crippen LogP contribution in [0.4, 0.5) is 10.4 Å². The Hall–Kier alpha value is -2.68. The number of amides is 1. The Bertz CT molecular complexity index is 987. The minimum Gasteiger partial charge on any atom is -0.493 e. The molecule has 1 amide bonds. The van der Waals surface area contributed by atoms with Crippen molar-refractivity contribution in [2.75, 3.05) is 44.8 Å². The summed E-state index contributed by atoms with van der Waals surface area (Å²) >= 11 is 0. The number of hydrogen-bond donors (Lipinski definition) is 0. The van der Waals surface area contributed by atoms with E-state index in [2.05, 4.69) is 15.0 Å². The van der Waals surface area contributed by atoms with E-state index >= 15 is 0 Å². The summed E-state index contributed by atoms with van der Waals surface area (Å²) in [4.78, 5) is 20.4. The summed E-state index contributed by atoms with van der Waals surface area (Å²) in [7, 11) is 1.62. The highest BCUT2D eigenvalue weighted by molar-refractivity contribution is 5.79. The molecule has 8 nitrogen and oxygen atoms in total. The van der Waals surface area contributed by atoms with Crippen LogP contribution >= 0.6 is 0 Å². The van der Waals surface area contributed by atoms with Gasteiger partial charge in [-0.25, -0.2) is 4.39 Å². The summed E-state index contributed by atoms with van der Waals surface area (Å²) in [6.07, 6.45) is 5.66. The van der Waals surface area contributed by atoms with Crippen LogP contribution in [0.5, 0.6) is 5.75 Å². The fourth-order valence-electron chi connectivity index (χ4n) is 5.19. The third-order valence-electron chi connectivity index (χ3n) is 7.46. The van der Waals surface area contributed by atoms with Crippen molar-refractivity contribution in [3.05, 3.63) is 35.4 Å². The Morgan fingerprint density at radius 2 is 2.06 bits per heavy atom. The zero-order chi connectivity index (χ0) is 23.5. The molecule has 3 aliphatic rings. The zero-order valence-electron chi connectivity index (χ0n) is 19.7. The summed E-state index contributed by atoms with van der Waals surface area (Å²) in [6, 6.07) is 5.46. The second-order valence-corrected chi connectivity index (χ2v) is 9.71. The van der Waals surface area contributed by atoms with Gasteiger partial charge in [0.25, 0.3) is 0 Å². The number of aromatic nitrogens is 2. The van der Waals surface area contributed by atoms with E-state index in [0.717, 1.165) is 63.7 Å². The van der Waals surface area contributed by atoms with Gasteiger partial charge in [0.1, 0.15) is 18.2 Å². The van der Waals surface area contributed by atoms with E-state index in [9.17, 15) is 9.18 Å². The molecule has 2 aromatic rings. The van der Waals surface area contributed by atoms with E-state index in [1.54, 1.807) is 24.1 Å². The second-order valence-electron chi connectivity index (χ2n) is 9.71. The van der Waals surface area contributed by atoms with Gasteiger partial charge < -0.3 is 23.8 Å². The third kappa shape index (κ3) is 5.35. The molecule has 2 aliphatic heterocycles. The Kier molecular flexibility index (Phi) is 6.99. The quantitative estimate of drug-likeness (QED) is 0.524. The van der Waals surface area contributed by atoms with Gasteiger partial charge in [-0.3, -0.25) is 4.79 Å². The van der Waals surface area contributed by atoms with Gasteiger partial charge in [-0.1, -0.05) is 11.2 Å². The van der Waals surface area contributed by atoms with Crippen molar-refractivity contribution in [1.29, 1.82) is 0 Å². The van der Waals surface area contributed by atoms with E-state index < -0.39 is 0 Å². The first-order valence-corrected chi connectivity index (χ1v) is 12.4. The van der Waals surface area contributed by atoms with Gasteiger partial charge in [0.2, 0.25) is 5.91 Å². The van der Waals surface area contributed by atoms with Crippen molar-refractivity contribution in [3.8, 4) is 5.75 Å². The lowest BCUT2D eigenvalue weighted by Crippen LogP contribution is -2.42. The largest absolute Gasteiger partial charge is 0.493 e. The number of carbonyl (C=O) groups is 1. The lowest BCUT2D eigenvalue weighted by atomic mass is 9.90. The molecule has 2 atom stereocenters. The average Bonchev–Trinajstić information content (AvgIpc) is 3.41. The molecule has 0 spiro atoms. The van der Waals surface area contributed by atoms with Crippen LogP contribution in [-0.2, 0) is 22.6 Å². The van der Waals surface area contributed by atoms with Crippen molar-refractivity contribution in [1.82, 2.24) is 15.0 Å². The van der Waals surface area contributed by atoms with Crippen molar-refractivity contribution in [3.63, 3.8) is 0 Å². The first-order chi connectivity index (χ1) is 16.6. The number of likely N-dealkylation sites (tertiary alicyclic amines) is 1. The minimum absolute atomic E-state index is 0.00244. The summed E-state index contributed by atoms with van der Waals surface area (Å²) < 4.78 is 30.7. The lowest BCUT2D eigenvalue weighted by Gasteiger charge is -2.31. The van der Waals surface area contributed by atoms with Gasteiger partial charge in [-0.2, -0.15) is 4.98 Å². The first-order valence-electron chi connectivity index (χ1n) is 12.4. The van der Waals surface area contributed by atoms with Gasteiger partial charge in [0.05, 0.1) is 13.0 Å². The molecule has 184 valence electrons. The van der Waals surface area contributed by atoms with E-state index in [1.807, 2.05) is 0 Å². The normalized spacial score (nSPS) is 22.5. The predicted molar refractivity (Wildman–Crippen MR) is 123 cm³/mol. The molecule has 0 unspecified atom stereocenters. The van der Waals surface area contributed by atoms with Gasteiger partial charge in [-0.05, 0) is 61.5 Å². The van der Waals surface area contributed by atoms with Gasteiger partial charge in [0, 0.05) is 39.4 Å². The number of hydrogen-bond acceptors (Lipinski definition) is 7. The number of methoxy groups -OCH3 is 1. The zero-order valence-corrected chi connectivity index (χ0v) is 19.7. The molecule has 1 aromatic carbocycles. The molecular formula is C25H33FN4O4. The number of anilines is 1. The molecule has 0 radical (unpaired) electrons. The average molecular weight is 473 g/mol. The topological polar surface area (TPSA) is 80.9 Å². The van der Waals surface area contributed by atoms with Crippen LogP contribution in [0.2, 0.25) is 0 Å². The Morgan fingerprint density at radius 1 is 1.24 bits per heavy atom. The first kappa shape index (κ1) is 23.1. The highest BCUT2D eigenvalue weighted by Gasteiger charge is 2.43. The summed E-state index contributed by atoms with van der Waals surface area (Å²) in [5.74, 6) is 2.92. The fraction of sp³-hybridized carbons (Fsp3) is 0.640. The smallest absolute Gasteiger partial charge is 0.324 e. The highest BCUT2D eigenvalue weighted by Crippen LogP contribution is 2.50. The molecule has 0 bridgehead atoms. The lowest BCUT2D eigenvalue weighted by molar-refractivity contribution is -0.133. The Labute approximate surface area is 199 Å².